The van der Waals surface area contributed by atoms with Gasteiger partial charge >= 0.3 is 0 Å². The molecule has 3 rings (SSSR count). The maximum Gasteiger partial charge on any atom is 0.123 e. The van der Waals surface area contributed by atoms with Gasteiger partial charge in [0.2, 0.25) is 0 Å². The number of hydrogen-bond donors (Lipinski definition) is 0. The highest BCUT2D eigenvalue weighted by atomic mass is 32.2. The zero-order valence-corrected chi connectivity index (χ0v) is 21.5. The van der Waals surface area contributed by atoms with E-state index in [1.54, 1.807) is 12.1 Å². The normalized spacial score (nSPS) is 17.5. The van der Waals surface area contributed by atoms with Gasteiger partial charge in [0.05, 0.1) is 0 Å². The molecule has 2 saturated carbocycles. The van der Waals surface area contributed by atoms with Crippen LogP contribution in [0.15, 0.2) is 83.0 Å². The SMILES string of the molecule is C=C/C(=C\C(C(=C)C(c1ccc(F)cc1)(C1CC1)C1CC1)=C(C)C)C(=C(C)C)C(C)SC. The van der Waals surface area contributed by atoms with E-state index in [1.165, 1.54) is 64.7 Å². The van der Waals surface area contributed by atoms with E-state index in [1.807, 2.05) is 30.0 Å². The van der Waals surface area contributed by atoms with Gasteiger partial charge in [-0.2, -0.15) is 11.8 Å². The van der Waals surface area contributed by atoms with Crippen LogP contribution in [0.5, 0.6) is 0 Å². The van der Waals surface area contributed by atoms with E-state index in [2.05, 4.69) is 53.5 Å². The molecule has 2 fully saturated rings. The van der Waals surface area contributed by atoms with Crippen LogP contribution in [-0.2, 0) is 5.41 Å². The zero-order chi connectivity index (χ0) is 23.6. The summed E-state index contributed by atoms with van der Waals surface area (Å²) in [7, 11) is 0. The Balaban J connectivity index is 2.16. The summed E-state index contributed by atoms with van der Waals surface area (Å²) in [5.41, 5.74) is 8.71. The molecule has 1 unspecified atom stereocenters. The third-order valence-electron chi connectivity index (χ3n) is 7.26. The first-order valence-electron chi connectivity index (χ1n) is 11.9. The summed E-state index contributed by atoms with van der Waals surface area (Å²) in [4.78, 5) is 0. The van der Waals surface area contributed by atoms with E-state index >= 15 is 0 Å². The molecule has 2 aliphatic carbocycles. The van der Waals surface area contributed by atoms with Crippen molar-refractivity contribution < 1.29 is 4.39 Å². The molecule has 32 heavy (non-hydrogen) atoms. The minimum absolute atomic E-state index is 0.0979. The predicted octanol–water partition coefficient (Wildman–Crippen LogP) is 8.98. The van der Waals surface area contributed by atoms with Gasteiger partial charge in [0.1, 0.15) is 5.82 Å². The summed E-state index contributed by atoms with van der Waals surface area (Å²) < 4.78 is 13.8. The topological polar surface area (TPSA) is 0 Å². The second kappa shape index (κ2) is 10.00. The van der Waals surface area contributed by atoms with Gasteiger partial charge in [-0.1, -0.05) is 42.5 Å². The molecule has 0 bridgehead atoms. The Labute approximate surface area is 199 Å². The van der Waals surface area contributed by atoms with Gasteiger partial charge in [-0.15, -0.1) is 0 Å². The fourth-order valence-electron chi connectivity index (χ4n) is 5.48. The maximum absolute atomic E-state index is 13.8. The largest absolute Gasteiger partial charge is 0.207 e. The van der Waals surface area contributed by atoms with Gasteiger partial charge in [-0.05, 0) is 124 Å². The number of halogens is 1. The van der Waals surface area contributed by atoms with Gasteiger partial charge in [0, 0.05) is 10.7 Å². The van der Waals surface area contributed by atoms with E-state index < -0.39 is 0 Å². The molecule has 0 nitrogen and oxygen atoms in total. The number of hydrogen-bond acceptors (Lipinski definition) is 1. The van der Waals surface area contributed by atoms with Crippen LogP contribution < -0.4 is 0 Å². The number of allylic oxidation sites excluding steroid dienone is 7. The molecule has 1 aromatic carbocycles. The molecule has 1 aromatic rings. The van der Waals surface area contributed by atoms with E-state index in [0.29, 0.717) is 17.1 Å². The first-order chi connectivity index (χ1) is 15.2. The quantitative estimate of drug-likeness (QED) is 0.320. The van der Waals surface area contributed by atoms with Crippen molar-refractivity contribution in [2.24, 2.45) is 11.8 Å². The summed E-state index contributed by atoms with van der Waals surface area (Å²) in [6.45, 7) is 20.0. The van der Waals surface area contributed by atoms with Gasteiger partial charge in [0.25, 0.3) is 0 Å². The lowest BCUT2D eigenvalue weighted by Crippen LogP contribution is -2.34. The van der Waals surface area contributed by atoms with E-state index in [4.69, 9.17) is 6.58 Å². The molecule has 0 amide bonds. The number of rotatable bonds is 10. The third-order valence-corrected chi connectivity index (χ3v) is 8.20. The maximum atomic E-state index is 13.8. The molecule has 0 aliphatic heterocycles. The first kappa shape index (κ1) is 24.8. The average Bonchev–Trinajstić information content (AvgIpc) is 3.65. The summed E-state index contributed by atoms with van der Waals surface area (Å²) in [5.74, 6) is 1.02. The predicted molar refractivity (Wildman–Crippen MR) is 141 cm³/mol. The minimum Gasteiger partial charge on any atom is -0.207 e. The molecule has 2 heteroatoms. The lowest BCUT2D eigenvalue weighted by atomic mass is 9.64. The molecular formula is C30H39FS. The molecule has 2 aliphatic rings. The zero-order valence-electron chi connectivity index (χ0n) is 20.7. The van der Waals surface area contributed by atoms with Crippen molar-refractivity contribution in [3.63, 3.8) is 0 Å². The Morgan fingerprint density at radius 3 is 1.94 bits per heavy atom. The Hall–Kier alpha value is -1.80. The number of thioether (sulfide) groups is 1. The lowest BCUT2D eigenvalue weighted by molar-refractivity contribution is 0.386. The molecule has 0 radical (unpaired) electrons. The number of benzene rings is 1. The van der Waals surface area contributed by atoms with E-state index in [9.17, 15) is 4.39 Å². The van der Waals surface area contributed by atoms with Crippen molar-refractivity contribution in [3.8, 4) is 0 Å². The van der Waals surface area contributed by atoms with Crippen LogP contribution in [0.4, 0.5) is 4.39 Å². The van der Waals surface area contributed by atoms with Crippen LogP contribution in [0.3, 0.4) is 0 Å². The fourth-order valence-corrected chi connectivity index (χ4v) is 6.09. The summed E-state index contributed by atoms with van der Waals surface area (Å²) >= 11 is 1.86. The monoisotopic (exact) mass is 450 g/mol. The second-order valence-corrected chi connectivity index (χ2v) is 11.1. The van der Waals surface area contributed by atoms with Crippen LogP contribution >= 0.6 is 11.8 Å². The van der Waals surface area contributed by atoms with Gasteiger partial charge < -0.3 is 0 Å². The van der Waals surface area contributed by atoms with Crippen LogP contribution in [-0.4, -0.2) is 11.5 Å². The van der Waals surface area contributed by atoms with E-state index in [-0.39, 0.29) is 11.2 Å². The first-order valence-corrected chi connectivity index (χ1v) is 13.1. The Kier molecular flexibility index (Phi) is 7.76. The van der Waals surface area contributed by atoms with Crippen LogP contribution in [0.1, 0.15) is 65.9 Å². The molecular weight excluding hydrogens is 411 g/mol. The third kappa shape index (κ3) is 4.76. The fraction of sp³-hybridized carbons (Fsp3) is 0.467. The summed E-state index contributed by atoms with van der Waals surface area (Å²) in [5, 5.41) is 0.393. The molecule has 0 heterocycles. The average molecular weight is 451 g/mol. The highest BCUT2D eigenvalue weighted by Crippen LogP contribution is 2.63. The molecule has 0 saturated heterocycles. The highest BCUT2D eigenvalue weighted by Gasteiger charge is 2.57. The van der Waals surface area contributed by atoms with Crippen LogP contribution in [0, 0.1) is 17.7 Å². The smallest absolute Gasteiger partial charge is 0.123 e. The molecule has 0 spiro atoms. The van der Waals surface area contributed by atoms with Crippen molar-refractivity contribution in [2.45, 2.75) is 71.0 Å². The molecule has 172 valence electrons. The van der Waals surface area contributed by atoms with Crippen molar-refractivity contribution in [1.29, 1.82) is 0 Å². The van der Waals surface area contributed by atoms with Crippen molar-refractivity contribution in [1.82, 2.24) is 0 Å². The molecule has 0 aromatic heterocycles. The van der Waals surface area contributed by atoms with Gasteiger partial charge in [-0.3, -0.25) is 0 Å². The van der Waals surface area contributed by atoms with E-state index in [0.717, 1.165) is 0 Å². The van der Waals surface area contributed by atoms with Crippen molar-refractivity contribution in [3.05, 3.63) is 94.4 Å². The molecule has 0 N–H and O–H groups in total. The van der Waals surface area contributed by atoms with Crippen LogP contribution in [0.2, 0.25) is 0 Å². The van der Waals surface area contributed by atoms with Crippen molar-refractivity contribution in [2.75, 3.05) is 6.26 Å². The lowest BCUT2D eigenvalue weighted by Gasteiger charge is -2.39. The Morgan fingerprint density at radius 2 is 1.56 bits per heavy atom. The summed E-state index contributed by atoms with van der Waals surface area (Å²) in [6.07, 6.45) is 11.4. The standard InChI is InChI=1S/C30H39FS/c1-9-23(29(20(4)5)22(7)32-8)18-28(19(2)3)21(6)30(24-10-11-24,25-12-13-25)26-14-16-27(31)17-15-26/h9,14-18,22,24-25H,1,6,10-13H2,2-5,7-8H3/b23-18+. The second-order valence-electron chi connectivity index (χ2n) is 9.91. The molecule has 1 atom stereocenters. The van der Waals surface area contributed by atoms with Crippen LogP contribution in [0.25, 0.3) is 0 Å². The Morgan fingerprint density at radius 1 is 1.03 bits per heavy atom. The Bertz CT molecular complexity index is 945. The minimum atomic E-state index is -0.171. The van der Waals surface area contributed by atoms with Gasteiger partial charge in [0.15, 0.2) is 0 Å². The summed E-state index contributed by atoms with van der Waals surface area (Å²) in [6, 6.07) is 7.26. The van der Waals surface area contributed by atoms with Gasteiger partial charge in [-0.25, -0.2) is 4.39 Å². The highest BCUT2D eigenvalue weighted by molar-refractivity contribution is 7.99. The van der Waals surface area contributed by atoms with Crippen molar-refractivity contribution >= 4 is 11.8 Å².